The smallest absolute Gasteiger partial charge is 0.257 e. The number of anilines is 2. The quantitative estimate of drug-likeness (QED) is 0.943. The fourth-order valence-electron chi connectivity index (χ4n) is 2.71. The maximum absolute atomic E-state index is 12.6. The van der Waals surface area contributed by atoms with Crippen molar-refractivity contribution in [3.63, 3.8) is 0 Å². The summed E-state index contributed by atoms with van der Waals surface area (Å²) in [5.74, 6) is -0.110. The zero-order valence-corrected chi connectivity index (χ0v) is 12.5. The minimum atomic E-state index is -0.190. The van der Waals surface area contributed by atoms with Crippen molar-refractivity contribution >= 4 is 23.2 Å². The molecule has 1 saturated heterocycles. The second kappa shape index (κ2) is 6.02. The number of hydrogen-bond donors (Lipinski definition) is 1. The van der Waals surface area contributed by atoms with E-state index in [1.54, 1.807) is 11.0 Å². The minimum absolute atomic E-state index is 0.0798. The van der Waals surface area contributed by atoms with Gasteiger partial charge in [0.2, 0.25) is 5.91 Å². The van der Waals surface area contributed by atoms with E-state index in [-0.39, 0.29) is 11.8 Å². The Morgan fingerprint density at radius 3 is 2.55 bits per heavy atom. The first-order valence-corrected chi connectivity index (χ1v) is 7.43. The molecule has 1 N–H and O–H groups in total. The Hall–Kier alpha value is -2.62. The molecule has 112 valence electrons. The van der Waals surface area contributed by atoms with E-state index < -0.39 is 0 Å². The number of carbonyl (C=O) groups excluding carboxylic acids is 2. The maximum atomic E-state index is 12.6. The van der Waals surface area contributed by atoms with Gasteiger partial charge in [-0.1, -0.05) is 30.3 Å². The van der Waals surface area contributed by atoms with Crippen LogP contribution in [-0.2, 0) is 4.79 Å². The molecule has 1 aliphatic heterocycles. The van der Waals surface area contributed by atoms with Crippen LogP contribution in [0.3, 0.4) is 0 Å². The Morgan fingerprint density at radius 2 is 1.82 bits per heavy atom. The Morgan fingerprint density at radius 1 is 1.09 bits per heavy atom. The van der Waals surface area contributed by atoms with Gasteiger partial charge in [-0.05, 0) is 37.1 Å². The Kier molecular flexibility index (Phi) is 3.92. The van der Waals surface area contributed by atoms with Gasteiger partial charge in [0.1, 0.15) is 0 Å². The molecule has 0 radical (unpaired) electrons. The van der Waals surface area contributed by atoms with Crippen LogP contribution in [0, 0.1) is 6.92 Å². The van der Waals surface area contributed by atoms with Gasteiger partial charge in [0.25, 0.3) is 5.91 Å². The molecule has 1 aliphatic rings. The summed E-state index contributed by atoms with van der Waals surface area (Å²) in [4.78, 5) is 26.3. The van der Waals surface area contributed by atoms with Crippen molar-refractivity contribution < 1.29 is 9.59 Å². The molecule has 2 aromatic carbocycles. The second-order valence-corrected chi connectivity index (χ2v) is 5.44. The van der Waals surface area contributed by atoms with Gasteiger partial charge < -0.3 is 10.2 Å². The standard InChI is InChI=1S/C18H18N2O2/c1-13-7-2-4-9-15(13)19-18(22)14-8-3-5-10-16(14)20-12-6-11-17(20)21/h2-5,7-10H,6,11-12H2,1H3,(H,19,22). The van der Waals surface area contributed by atoms with E-state index >= 15 is 0 Å². The van der Waals surface area contributed by atoms with Crippen molar-refractivity contribution in [2.75, 3.05) is 16.8 Å². The molecular weight excluding hydrogens is 276 g/mol. The molecule has 0 unspecified atom stereocenters. The molecule has 0 spiro atoms. The van der Waals surface area contributed by atoms with Crippen molar-refractivity contribution in [3.05, 3.63) is 59.7 Å². The molecule has 0 aliphatic carbocycles. The number of nitrogens with zero attached hydrogens (tertiary/aromatic N) is 1. The van der Waals surface area contributed by atoms with Gasteiger partial charge in [-0.25, -0.2) is 0 Å². The van der Waals surface area contributed by atoms with Crippen LogP contribution in [0.25, 0.3) is 0 Å². The SMILES string of the molecule is Cc1ccccc1NC(=O)c1ccccc1N1CCCC1=O. The highest BCUT2D eigenvalue weighted by Gasteiger charge is 2.25. The van der Waals surface area contributed by atoms with Crippen LogP contribution >= 0.6 is 0 Å². The summed E-state index contributed by atoms with van der Waals surface area (Å²) in [7, 11) is 0. The number of carbonyl (C=O) groups is 2. The molecule has 4 heteroatoms. The van der Waals surface area contributed by atoms with Crippen LogP contribution in [0.1, 0.15) is 28.8 Å². The van der Waals surface area contributed by atoms with Crippen LogP contribution in [0.2, 0.25) is 0 Å². The van der Waals surface area contributed by atoms with E-state index in [4.69, 9.17) is 0 Å². The normalized spacial score (nSPS) is 14.2. The summed E-state index contributed by atoms with van der Waals surface area (Å²) < 4.78 is 0. The third kappa shape index (κ3) is 2.72. The van der Waals surface area contributed by atoms with E-state index in [1.165, 1.54) is 0 Å². The largest absolute Gasteiger partial charge is 0.322 e. The fraction of sp³-hybridized carbons (Fsp3) is 0.222. The Bertz CT molecular complexity index is 725. The van der Waals surface area contributed by atoms with Gasteiger partial charge in [-0.15, -0.1) is 0 Å². The molecule has 0 aromatic heterocycles. The average molecular weight is 294 g/mol. The first kappa shape index (κ1) is 14.3. The fourth-order valence-corrected chi connectivity index (χ4v) is 2.71. The summed E-state index contributed by atoms with van der Waals surface area (Å²) >= 11 is 0. The number of benzene rings is 2. The molecule has 4 nitrogen and oxygen atoms in total. The van der Waals surface area contributed by atoms with E-state index in [0.717, 1.165) is 17.7 Å². The minimum Gasteiger partial charge on any atom is -0.322 e. The first-order chi connectivity index (χ1) is 10.7. The van der Waals surface area contributed by atoms with Crippen molar-refractivity contribution in [2.24, 2.45) is 0 Å². The third-order valence-electron chi connectivity index (χ3n) is 3.91. The highest BCUT2D eigenvalue weighted by atomic mass is 16.2. The van der Waals surface area contributed by atoms with E-state index in [1.807, 2.05) is 49.4 Å². The van der Waals surface area contributed by atoms with Crippen LogP contribution in [0.4, 0.5) is 11.4 Å². The van der Waals surface area contributed by atoms with Crippen LogP contribution in [-0.4, -0.2) is 18.4 Å². The zero-order chi connectivity index (χ0) is 15.5. The lowest BCUT2D eigenvalue weighted by molar-refractivity contribution is -0.117. The first-order valence-electron chi connectivity index (χ1n) is 7.43. The number of rotatable bonds is 3. The summed E-state index contributed by atoms with van der Waals surface area (Å²) in [6.07, 6.45) is 1.39. The molecule has 1 fully saturated rings. The van der Waals surface area contributed by atoms with Crippen molar-refractivity contribution in [2.45, 2.75) is 19.8 Å². The lowest BCUT2D eigenvalue weighted by atomic mass is 10.1. The van der Waals surface area contributed by atoms with Crippen molar-refractivity contribution in [1.29, 1.82) is 0 Å². The van der Waals surface area contributed by atoms with Gasteiger partial charge in [-0.2, -0.15) is 0 Å². The van der Waals surface area contributed by atoms with Gasteiger partial charge in [0.05, 0.1) is 11.3 Å². The number of nitrogens with one attached hydrogen (secondary N) is 1. The topological polar surface area (TPSA) is 49.4 Å². The van der Waals surface area contributed by atoms with Gasteiger partial charge in [0.15, 0.2) is 0 Å². The maximum Gasteiger partial charge on any atom is 0.257 e. The van der Waals surface area contributed by atoms with E-state index in [2.05, 4.69) is 5.32 Å². The molecule has 1 heterocycles. The molecule has 22 heavy (non-hydrogen) atoms. The Balaban J connectivity index is 1.90. The lowest BCUT2D eigenvalue weighted by Gasteiger charge is -2.19. The number of aryl methyl sites for hydroxylation is 1. The lowest BCUT2D eigenvalue weighted by Crippen LogP contribution is -2.27. The second-order valence-electron chi connectivity index (χ2n) is 5.44. The summed E-state index contributed by atoms with van der Waals surface area (Å²) in [5.41, 5.74) is 3.01. The van der Waals surface area contributed by atoms with Crippen molar-refractivity contribution in [3.8, 4) is 0 Å². The molecular formula is C18H18N2O2. The summed E-state index contributed by atoms with van der Waals surface area (Å²) in [5, 5.41) is 2.93. The predicted molar refractivity (Wildman–Crippen MR) is 87.2 cm³/mol. The van der Waals surface area contributed by atoms with Gasteiger partial charge >= 0.3 is 0 Å². The molecule has 2 amide bonds. The Labute approximate surface area is 129 Å². The number of para-hydroxylation sites is 2. The molecule has 0 saturated carbocycles. The highest BCUT2D eigenvalue weighted by molar-refractivity contribution is 6.11. The van der Waals surface area contributed by atoms with Crippen LogP contribution in [0.5, 0.6) is 0 Å². The monoisotopic (exact) mass is 294 g/mol. The van der Waals surface area contributed by atoms with Crippen LogP contribution < -0.4 is 10.2 Å². The highest BCUT2D eigenvalue weighted by Crippen LogP contribution is 2.26. The summed E-state index contributed by atoms with van der Waals surface area (Å²) in [6.45, 7) is 2.62. The van der Waals surface area contributed by atoms with Crippen molar-refractivity contribution in [1.82, 2.24) is 0 Å². The van der Waals surface area contributed by atoms with E-state index in [9.17, 15) is 9.59 Å². The average Bonchev–Trinajstić information content (AvgIpc) is 2.95. The molecule has 0 atom stereocenters. The predicted octanol–water partition coefficient (Wildman–Crippen LogP) is 3.37. The zero-order valence-electron chi connectivity index (χ0n) is 12.5. The van der Waals surface area contributed by atoms with E-state index in [0.29, 0.717) is 24.2 Å². The molecule has 3 rings (SSSR count). The summed E-state index contributed by atoms with van der Waals surface area (Å²) in [6, 6.07) is 14.9. The third-order valence-corrected chi connectivity index (χ3v) is 3.91. The number of amides is 2. The van der Waals surface area contributed by atoms with Gasteiger partial charge in [-0.3, -0.25) is 9.59 Å². The van der Waals surface area contributed by atoms with Crippen LogP contribution in [0.15, 0.2) is 48.5 Å². The molecule has 2 aromatic rings. The van der Waals surface area contributed by atoms with Gasteiger partial charge in [0, 0.05) is 18.7 Å². The molecule has 0 bridgehead atoms. The number of hydrogen-bond acceptors (Lipinski definition) is 2.